The zero-order valence-electron chi connectivity index (χ0n) is 15.6. The van der Waals surface area contributed by atoms with E-state index in [1.165, 1.54) is 6.08 Å². The molecule has 138 valence electrons. The van der Waals surface area contributed by atoms with E-state index in [1.54, 1.807) is 26.4 Å². The number of hydrogen-bond donors (Lipinski definition) is 1. The quantitative estimate of drug-likeness (QED) is 0.728. The van der Waals surface area contributed by atoms with Gasteiger partial charge < -0.3 is 19.5 Å². The van der Waals surface area contributed by atoms with E-state index in [0.717, 1.165) is 16.9 Å². The molecule has 0 saturated carbocycles. The molecule has 0 radical (unpaired) electrons. The van der Waals surface area contributed by atoms with Gasteiger partial charge in [0.15, 0.2) is 11.5 Å². The number of methoxy groups -OCH3 is 2. The normalized spacial score (nSPS) is 11.8. The summed E-state index contributed by atoms with van der Waals surface area (Å²) in [6.45, 7) is 4.49. The van der Waals surface area contributed by atoms with Gasteiger partial charge in [-0.2, -0.15) is 0 Å². The van der Waals surface area contributed by atoms with Crippen molar-refractivity contribution in [3.63, 3.8) is 0 Å². The average molecular weight is 355 g/mol. The molecule has 2 aromatic carbocycles. The minimum atomic E-state index is -0.172. The van der Waals surface area contributed by atoms with Gasteiger partial charge in [-0.1, -0.05) is 18.2 Å². The molecule has 1 amide bonds. The van der Waals surface area contributed by atoms with E-state index in [9.17, 15) is 4.79 Å². The molecule has 0 aliphatic rings. The molecule has 0 spiro atoms. The SMILES string of the molecule is CCOc1cccc(C(C)NC(=O)/C=C/c2ccc(OC)c(OC)c2)c1. The lowest BCUT2D eigenvalue weighted by Gasteiger charge is -2.14. The van der Waals surface area contributed by atoms with Crippen LogP contribution in [0.15, 0.2) is 48.5 Å². The highest BCUT2D eigenvalue weighted by Gasteiger charge is 2.09. The lowest BCUT2D eigenvalue weighted by Crippen LogP contribution is -2.24. The second-order valence-electron chi connectivity index (χ2n) is 5.68. The molecular weight excluding hydrogens is 330 g/mol. The van der Waals surface area contributed by atoms with Crippen molar-refractivity contribution in [1.29, 1.82) is 0 Å². The lowest BCUT2D eigenvalue weighted by atomic mass is 10.1. The third-order valence-corrected chi connectivity index (χ3v) is 3.86. The van der Waals surface area contributed by atoms with Gasteiger partial charge in [0.05, 0.1) is 26.9 Å². The number of carbonyl (C=O) groups excluding carboxylic acids is 1. The second kappa shape index (κ2) is 9.51. The van der Waals surface area contributed by atoms with Crippen LogP contribution in [0.4, 0.5) is 0 Å². The van der Waals surface area contributed by atoms with E-state index in [0.29, 0.717) is 18.1 Å². The van der Waals surface area contributed by atoms with Crippen LogP contribution in [0, 0.1) is 0 Å². The van der Waals surface area contributed by atoms with Gasteiger partial charge >= 0.3 is 0 Å². The number of carbonyl (C=O) groups is 1. The van der Waals surface area contributed by atoms with Crippen molar-refractivity contribution >= 4 is 12.0 Å². The molecule has 0 aromatic heterocycles. The van der Waals surface area contributed by atoms with Crippen molar-refractivity contribution in [3.8, 4) is 17.2 Å². The maximum atomic E-state index is 12.2. The molecule has 5 heteroatoms. The molecule has 0 saturated heterocycles. The van der Waals surface area contributed by atoms with E-state index >= 15 is 0 Å². The maximum absolute atomic E-state index is 12.2. The van der Waals surface area contributed by atoms with Crippen LogP contribution >= 0.6 is 0 Å². The Morgan fingerprint density at radius 1 is 1.12 bits per heavy atom. The van der Waals surface area contributed by atoms with E-state index in [-0.39, 0.29) is 11.9 Å². The predicted octanol–water partition coefficient (Wildman–Crippen LogP) is 3.99. The van der Waals surface area contributed by atoms with Crippen molar-refractivity contribution in [2.75, 3.05) is 20.8 Å². The fourth-order valence-corrected chi connectivity index (χ4v) is 2.51. The van der Waals surface area contributed by atoms with E-state index in [2.05, 4.69) is 5.32 Å². The van der Waals surface area contributed by atoms with Crippen LogP contribution in [0.1, 0.15) is 31.0 Å². The monoisotopic (exact) mass is 355 g/mol. The molecule has 5 nitrogen and oxygen atoms in total. The molecule has 0 aliphatic carbocycles. The molecule has 2 rings (SSSR count). The van der Waals surface area contributed by atoms with Gasteiger partial charge in [0.2, 0.25) is 5.91 Å². The van der Waals surface area contributed by atoms with Gasteiger partial charge in [-0.15, -0.1) is 0 Å². The third kappa shape index (κ3) is 5.28. The number of ether oxygens (including phenoxy) is 3. The highest BCUT2D eigenvalue weighted by atomic mass is 16.5. The summed E-state index contributed by atoms with van der Waals surface area (Å²) in [4.78, 5) is 12.2. The number of benzene rings is 2. The topological polar surface area (TPSA) is 56.8 Å². The molecule has 1 N–H and O–H groups in total. The van der Waals surface area contributed by atoms with Crippen LogP contribution in [-0.2, 0) is 4.79 Å². The molecule has 2 aromatic rings. The summed E-state index contributed by atoms with van der Waals surface area (Å²) in [5.41, 5.74) is 1.84. The second-order valence-corrected chi connectivity index (χ2v) is 5.68. The fourth-order valence-electron chi connectivity index (χ4n) is 2.51. The molecule has 1 unspecified atom stereocenters. The van der Waals surface area contributed by atoms with E-state index in [4.69, 9.17) is 14.2 Å². The smallest absolute Gasteiger partial charge is 0.244 e. The summed E-state index contributed by atoms with van der Waals surface area (Å²) in [6.07, 6.45) is 3.24. The van der Waals surface area contributed by atoms with Gasteiger partial charge in [-0.25, -0.2) is 0 Å². The summed E-state index contributed by atoms with van der Waals surface area (Å²) in [5.74, 6) is 1.90. The van der Waals surface area contributed by atoms with Crippen molar-refractivity contribution in [2.24, 2.45) is 0 Å². The highest BCUT2D eigenvalue weighted by Crippen LogP contribution is 2.28. The first kappa shape index (κ1) is 19.4. The minimum Gasteiger partial charge on any atom is -0.494 e. The Kier molecular flexibility index (Phi) is 7.09. The summed E-state index contributed by atoms with van der Waals surface area (Å²) >= 11 is 0. The zero-order chi connectivity index (χ0) is 18.9. The molecule has 0 heterocycles. The Morgan fingerprint density at radius 2 is 1.88 bits per heavy atom. The Morgan fingerprint density at radius 3 is 2.58 bits per heavy atom. The molecule has 0 bridgehead atoms. The largest absolute Gasteiger partial charge is 0.494 e. The van der Waals surface area contributed by atoms with Crippen LogP contribution in [0.3, 0.4) is 0 Å². The zero-order valence-corrected chi connectivity index (χ0v) is 15.6. The van der Waals surface area contributed by atoms with Crippen molar-refractivity contribution < 1.29 is 19.0 Å². The first-order valence-corrected chi connectivity index (χ1v) is 8.50. The van der Waals surface area contributed by atoms with E-state index < -0.39 is 0 Å². The molecule has 0 fully saturated rings. The van der Waals surface area contributed by atoms with Crippen LogP contribution < -0.4 is 19.5 Å². The van der Waals surface area contributed by atoms with E-state index in [1.807, 2.05) is 50.2 Å². The van der Waals surface area contributed by atoms with Crippen molar-refractivity contribution in [3.05, 3.63) is 59.7 Å². The molecule has 26 heavy (non-hydrogen) atoms. The predicted molar refractivity (Wildman–Crippen MR) is 103 cm³/mol. The maximum Gasteiger partial charge on any atom is 0.244 e. The van der Waals surface area contributed by atoms with Crippen molar-refractivity contribution in [1.82, 2.24) is 5.32 Å². The summed E-state index contributed by atoms with van der Waals surface area (Å²) in [6, 6.07) is 13.1. The number of amides is 1. The fraction of sp³-hybridized carbons (Fsp3) is 0.286. The van der Waals surface area contributed by atoms with Gasteiger partial charge in [0.25, 0.3) is 0 Å². The lowest BCUT2D eigenvalue weighted by molar-refractivity contribution is -0.117. The van der Waals surface area contributed by atoms with Crippen molar-refractivity contribution in [2.45, 2.75) is 19.9 Å². The summed E-state index contributed by atoms with van der Waals surface area (Å²) in [7, 11) is 3.17. The van der Waals surface area contributed by atoms with Crippen LogP contribution in [0.25, 0.3) is 6.08 Å². The molecule has 1 atom stereocenters. The van der Waals surface area contributed by atoms with Gasteiger partial charge in [0, 0.05) is 6.08 Å². The Hall–Kier alpha value is -2.95. The van der Waals surface area contributed by atoms with Gasteiger partial charge in [-0.05, 0) is 55.3 Å². The first-order valence-electron chi connectivity index (χ1n) is 8.50. The first-order chi connectivity index (χ1) is 12.6. The Balaban J connectivity index is 2.01. The minimum absolute atomic E-state index is 0.127. The third-order valence-electron chi connectivity index (χ3n) is 3.86. The van der Waals surface area contributed by atoms with Crippen LogP contribution in [0.5, 0.6) is 17.2 Å². The Bertz CT molecular complexity index is 770. The standard InChI is InChI=1S/C21H25NO4/c1-5-26-18-8-6-7-17(14-18)15(2)22-21(23)12-10-16-9-11-19(24-3)20(13-16)25-4/h6-15H,5H2,1-4H3,(H,22,23)/b12-10+. The molecular formula is C21H25NO4. The Labute approximate surface area is 154 Å². The summed E-state index contributed by atoms with van der Waals surface area (Å²) < 4.78 is 16.0. The van der Waals surface area contributed by atoms with Gasteiger partial charge in [-0.3, -0.25) is 4.79 Å². The summed E-state index contributed by atoms with van der Waals surface area (Å²) in [5, 5.41) is 2.95. The number of nitrogens with one attached hydrogen (secondary N) is 1. The number of hydrogen-bond acceptors (Lipinski definition) is 4. The van der Waals surface area contributed by atoms with Crippen LogP contribution in [0.2, 0.25) is 0 Å². The average Bonchev–Trinajstić information content (AvgIpc) is 2.66. The van der Waals surface area contributed by atoms with Gasteiger partial charge in [0.1, 0.15) is 5.75 Å². The highest BCUT2D eigenvalue weighted by molar-refractivity contribution is 5.92. The van der Waals surface area contributed by atoms with Crippen LogP contribution in [-0.4, -0.2) is 26.7 Å². The number of rotatable bonds is 8. The molecule has 0 aliphatic heterocycles.